The van der Waals surface area contributed by atoms with Crippen molar-refractivity contribution in [2.75, 3.05) is 20.2 Å². The number of nitrogens with one attached hydrogen (secondary N) is 1. The van der Waals surface area contributed by atoms with Crippen molar-refractivity contribution in [3.63, 3.8) is 0 Å². The van der Waals surface area contributed by atoms with E-state index in [4.69, 9.17) is 4.74 Å². The maximum absolute atomic E-state index is 5.49. The number of hydrogen-bond acceptors (Lipinski definition) is 3. The molecular formula is C12H20N2O. The Morgan fingerprint density at radius 1 is 1.33 bits per heavy atom. The molecule has 0 radical (unpaired) electrons. The summed E-state index contributed by atoms with van der Waals surface area (Å²) in [7, 11) is 1.91. The third-order valence-corrected chi connectivity index (χ3v) is 2.13. The van der Waals surface area contributed by atoms with E-state index in [2.05, 4.69) is 31.1 Å². The molecule has 0 aliphatic carbocycles. The minimum Gasteiger partial charge on any atom is -0.491 e. The summed E-state index contributed by atoms with van der Waals surface area (Å²) in [6.07, 6.45) is 1.79. The fourth-order valence-electron chi connectivity index (χ4n) is 1.18. The maximum Gasteiger partial charge on any atom is 0.137 e. The highest BCUT2D eigenvalue weighted by atomic mass is 16.5. The van der Waals surface area contributed by atoms with Crippen molar-refractivity contribution in [2.24, 2.45) is 0 Å². The van der Waals surface area contributed by atoms with Gasteiger partial charge in [-0.3, -0.25) is 4.98 Å². The summed E-state index contributed by atoms with van der Waals surface area (Å²) in [5, 5.41) is 3.03. The monoisotopic (exact) mass is 208 g/mol. The molecule has 0 unspecified atom stereocenters. The van der Waals surface area contributed by atoms with Crippen molar-refractivity contribution in [3.8, 4) is 5.75 Å². The summed E-state index contributed by atoms with van der Waals surface area (Å²) < 4.78 is 5.49. The summed E-state index contributed by atoms with van der Waals surface area (Å²) in [6, 6.07) is 4.00. The summed E-state index contributed by atoms with van der Waals surface area (Å²) in [5.74, 6) is 0.832. The molecule has 1 aromatic heterocycles. The first-order valence-corrected chi connectivity index (χ1v) is 5.28. The zero-order valence-corrected chi connectivity index (χ0v) is 10.0. The molecule has 1 heterocycles. The van der Waals surface area contributed by atoms with E-state index in [0.717, 1.165) is 18.0 Å². The van der Waals surface area contributed by atoms with Gasteiger partial charge in [0.15, 0.2) is 0 Å². The van der Waals surface area contributed by atoms with Crippen LogP contribution in [-0.4, -0.2) is 25.2 Å². The van der Waals surface area contributed by atoms with Gasteiger partial charge in [-0.2, -0.15) is 0 Å². The zero-order valence-electron chi connectivity index (χ0n) is 10.0. The third kappa shape index (κ3) is 3.88. The van der Waals surface area contributed by atoms with Crippen molar-refractivity contribution in [1.82, 2.24) is 10.3 Å². The molecule has 0 aliphatic rings. The van der Waals surface area contributed by atoms with E-state index >= 15 is 0 Å². The second-order valence-corrected chi connectivity index (χ2v) is 4.58. The molecule has 3 nitrogen and oxygen atoms in total. The summed E-state index contributed by atoms with van der Waals surface area (Å²) >= 11 is 0. The zero-order chi connectivity index (χ0) is 11.3. The highest BCUT2D eigenvalue weighted by Crippen LogP contribution is 2.21. The molecule has 1 aromatic rings. The summed E-state index contributed by atoms with van der Waals surface area (Å²) in [4.78, 5) is 4.38. The van der Waals surface area contributed by atoms with Gasteiger partial charge < -0.3 is 10.1 Å². The summed E-state index contributed by atoms with van der Waals surface area (Å²) in [6.45, 7) is 7.97. The van der Waals surface area contributed by atoms with E-state index < -0.39 is 0 Å². The normalized spacial score (nSPS) is 11.5. The van der Waals surface area contributed by atoms with Crippen LogP contribution >= 0.6 is 0 Å². The van der Waals surface area contributed by atoms with Gasteiger partial charge in [0.05, 0.1) is 6.20 Å². The number of nitrogens with zero attached hydrogens (tertiary/aromatic N) is 1. The van der Waals surface area contributed by atoms with Gasteiger partial charge in [-0.15, -0.1) is 0 Å². The standard InChI is InChI=1S/C12H20N2O/c1-12(2,3)11-6-5-10(9-14-11)15-8-7-13-4/h5-6,9,13H,7-8H2,1-4H3. The Bertz CT molecular complexity index is 287. The average Bonchev–Trinajstić information content (AvgIpc) is 2.18. The van der Waals surface area contributed by atoms with Gasteiger partial charge in [0.2, 0.25) is 0 Å². The molecular weight excluding hydrogens is 188 g/mol. The van der Waals surface area contributed by atoms with Crippen LogP contribution in [0.4, 0.5) is 0 Å². The molecule has 1 N–H and O–H groups in total. The van der Waals surface area contributed by atoms with Crippen LogP contribution in [0.25, 0.3) is 0 Å². The van der Waals surface area contributed by atoms with Gasteiger partial charge in [0, 0.05) is 17.7 Å². The Morgan fingerprint density at radius 3 is 2.53 bits per heavy atom. The van der Waals surface area contributed by atoms with Crippen LogP contribution in [0.3, 0.4) is 0 Å². The fourth-order valence-corrected chi connectivity index (χ4v) is 1.18. The van der Waals surface area contributed by atoms with E-state index in [0.29, 0.717) is 6.61 Å². The number of aromatic nitrogens is 1. The molecule has 0 spiro atoms. The third-order valence-electron chi connectivity index (χ3n) is 2.13. The van der Waals surface area contributed by atoms with E-state index in [9.17, 15) is 0 Å². The molecule has 0 saturated heterocycles. The average molecular weight is 208 g/mol. The van der Waals surface area contributed by atoms with E-state index in [1.54, 1.807) is 6.20 Å². The quantitative estimate of drug-likeness (QED) is 0.768. The van der Waals surface area contributed by atoms with E-state index in [-0.39, 0.29) is 5.41 Å². The summed E-state index contributed by atoms with van der Waals surface area (Å²) in [5.41, 5.74) is 1.19. The molecule has 15 heavy (non-hydrogen) atoms. The molecule has 3 heteroatoms. The highest BCUT2D eigenvalue weighted by molar-refractivity contribution is 5.23. The first kappa shape index (κ1) is 12.0. The molecule has 0 amide bonds. The Balaban J connectivity index is 2.57. The van der Waals surface area contributed by atoms with Gasteiger partial charge >= 0.3 is 0 Å². The van der Waals surface area contributed by atoms with E-state index in [1.807, 2.05) is 19.2 Å². The number of pyridine rings is 1. The molecule has 1 rings (SSSR count). The number of ether oxygens (including phenoxy) is 1. The predicted octanol–water partition coefficient (Wildman–Crippen LogP) is 1.98. The van der Waals surface area contributed by atoms with Crippen LogP contribution in [0.1, 0.15) is 26.5 Å². The number of rotatable bonds is 4. The van der Waals surface area contributed by atoms with Gasteiger partial charge in [-0.25, -0.2) is 0 Å². The SMILES string of the molecule is CNCCOc1ccc(C(C)(C)C)nc1. The largest absolute Gasteiger partial charge is 0.491 e. The molecule has 0 aliphatic heterocycles. The Hall–Kier alpha value is -1.09. The minimum atomic E-state index is 0.101. The van der Waals surface area contributed by atoms with Crippen molar-refractivity contribution in [3.05, 3.63) is 24.0 Å². The smallest absolute Gasteiger partial charge is 0.137 e. The van der Waals surface area contributed by atoms with Crippen LogP contribution in [0.15, 0.2) is 18.3 Å². The Kier molecular flexibility index (Phi) is 4.09. The van der Waals surface area contributed by atoms with Crippen LogP contribution in [0.5, 0.6) is 5.75 Å². The lowest BCUT2D eigenvalue weighted by Crippen LogP contribution is -2.16. The second-order valence-electron chi connectivity index (χ2n) is 4.58. The Morgan fingerprint density at radius 2 is 2.07 bits per heavy atom. The predicted molar refractivity (Wildman–Crippen MR) is 62.4 cm³/mol. The van der Waals surface area contributed by atoms with Gasteiger partial charge in [0.1, 0.15) is 12.4 Å². The number of likely N-dealkylation sites (N-methyl/N-ethyl adjacent to an activating group) is 1. The molecule has 84 valence electrons. The molecule has 0 atom stereocenters. The lowest BCUT2D eigenvalue weighted by Gasteiger charge is -2.17. The Labute approximate surface area is 91.9 Å². The van der Waals surface area contributed by atoms with Crippen LogP contribution in [-0.2, 0) is 5.41 Å². The molecule has 0 fully saturated rings. The lowest BCUT2D eigenvalue weighted by molar-refractivity contribution is 0.316. The van der Waals surface area contributed by atoms with Crippen molar-refractivity contribution in [2.45, 2.75) is 26.2 Å². The van der Waals surface area contributed by atoms with Crippen LogP contribution in [0.2, 0.25) is 0 Å². The first-order valence-electron chi connectivity index (χ1n) is 5.28. The van der Waals surface area contributed by atoms with Gasteiger partial charge in [0.25, 0.3) is 0 Å². The molecule has 0 saturated carbocycles. The lowest BCUT2D eigenvalue weighted by atomic mass is 9.92. The second kappa shape index (κ2) is 5.12. The molecule has 0 aromatic carbocycles. The first-order chi connectivity index (χ1) is 7.04. The van der Waals surface area contributed by atoms with Gasteiger partial charge in [-0.05, 0) is 19.2 Å². The molecule has 0 bridgehead atoms. The van der Waals surface area contributed by atoms with Crippen molar-refractivity contribution in [1.29, 1.82) is 0 Å². The van der Waals surface area contributed by atoms with Crippen LogP contribution < -0.4 is 10.1 Å². The highest BCUT2D eigenvalue weighted by Gasteiger charge is 2.14. The van der Waals surface area contributed by atoms with Gasteiger partial charge in [-0.1, -0.05) is 20.8 Å². The number of hydrogen-bond donors (Lipinski definition) is 1. The maximum atomic E-state index is 5.49. The topological polar surface area (TPSA) is 34.1 Å². The van der Waals surface area contributed by atoms with E-state index in [1.165, 1.54) is 0 Å². The van der Waals surface area contributed by atoms with Crippen molar-refractivity contribution >= 4 is 0 Å². The minimum absolute atomic E-state index is 0.101. The van der Waals surface area contributed by atoms with Crippen molar-refractivity contribution < 1.29 is 4.74 Å². The van der Waals surface area contributed by atoms with Crippen LogP contribution in [0, 0.1) is 0 Å². The fraction of sp³-hybridized carbons (Fsp3) is 0.583.